The van der Waals surface area contributed by atoms with E-state index in [9.17, 15) is 13.6 Å². The minimum absolute atomic E-state index is 0.260. The van der Waals surface area contributed by atoms with Gasteiger partial charge in [-0.2, -0.15) is 5.10 Å². The normalized spacial score (nSPS) is 11.4. The van der Waals surface area contributed by atoms with Gasteiger partial charge in [0.15, 0.2) is 5.82 Å². The molecule has 0 saturated carbocycles. The summed E-state index contributed by atoms with van der Waals surface area (Å²) in [6, 6.07) is 14.7. The highest BCUT2D eigenvalue weighted by molar-refractivity contribution is 5.97. The number of carbonyl (C=O) groups is 1. The van der Waals surface area contributed by atoms with Gasteiger partial charge in [0.2, 0.25) is 0 Å². The van der Waals surface area contributed by atoms with Gasteiger partial charge in [0, 0.05) is 17.8 Å². The van der Waals surface area contributed by atoms with Crippen molar-refractivity contribution >= 4 is 16.9 Å². The molecule has 0 aliphatic heterocycles. The van der Waals surface area contributed by atoms with E-state index in [0.717, 1.165) is 22.6 Å². The zero-order chi connectivity index (χ0) is 21.3. The average Bonchev–Trinajstić information content (AvgIpc) is 3.30. The summed E-state index contributed by atoms with van der Waals surface area (Å²) in [7, 11) is 0. The molecule has 0 aliphatic rings. The summed E-state index contributed by atoms with van der Waals surface area (Å²) in [6.07, 6.45) is -2.01. The number of rotatable bonds is 6. The molecular formula is C22H21F2N5O. The van der Waals surface area contributed by atoms with E-state index in [2.05, 4.69) is 20.4 Å². The van der Waals surface area contributed by atoms with Crippen molar-refractivity contribution in [2.24, 2.45) is 0 Å². The number of imidazole rings is 1. The highest BCUT2D eigenvalue weighted by Gasteiger charge is 2.14. The molecule has 0 radical (unpaired) electrons. The summed E-state index contributed by atoms with van der Waals surface area (Å²) in [5, 5.41) is 7.33. The van der Waals surface area contributed by atoms with Crippen LogP contribution in [0, 0.1) is 13.8 Å². The van der Waals surface area contributed by atoms with Crippen LogP contribution in [-0.4, -0.2) is 32.2 Å². The second-order valence-electron chi connectivity index (χ2n) is 7.17. The lowest BCUT2D eigenvalue weighted by Crippen LogP contribution is -2.25. The maximum atomic E-state index is 12.8. The van der Waals surface area contributed by atoms with Crippen LogP contribution in [0.2, 0.25) is 0 Å². The summed E-state index contributed by atoms with van der Waals surface area (Å²) in [5.41, 5.74) is 5.34. The molecule has 0 bridgehead atoms. The second-order valence-corrected chi connectivity index (χ2v) is 7.17. The van der Waals surface area contributed by atoms with Crippen LogP contribution in [-0.2, 0) is 6.42 Å². The van der Waals surface area contributed by atoms with E-state index in [4.69, 9.17) is 0 Å². The molecule has 2 aromatic carbocycles. The van der Waals surface area contributed by atoms with Crippen LogP contribution in [0.25, 0.3) is 16.7 Å². The molecule has 0 spiro atoms. The number of alkyl halides is 2. The first kappa shape index (κ1) is 19.8. The van der Waals surface area contributed by atoms with Crippen molar-refractivity contribution in [3.05, 3.63) is 76.9 Å². The Hall–Kier alpha value is -3.55. The molecule has 0 unspecified atom stereocenters. The quantitative estimate of drug-likeness (QED) is 0.499. The Morgan fingerprint density at radius 2 is 1.90 bits per heavy atom. The van der Waals surface area contributed by atoms with Crippen molar-refractivity contribution in [1.29, 1.82) is 0 Å². The first-order valence-corrected chi connectivity index (χ1v) is 9.59. The molecule has 4 aromatic rings. The fourth-order valence-corrected chi connectivity index (χ4v) is 3.39. The van der Waals surface area contributed by atoms with E-state index in [1.54, 1.807) is 12.1 Å². The Kier molecular flexibility index (Phi) is 5.31. The predicted octanol–water partition coefficient (Wildman–Crippen LogP) is 4.28. The summed E-state index contributed by atoms with van der Waals surface area (Å²) in [4.78, 5) is 18.7. The third kappa shape index (κ3) is 4.07. The predicted molar refractivity (Wildman–Crippen MR) is 110 cm³/mol. The number of halogens is 2. The standard InChI is InChI=1S/C22H21F2N5O/c1-13-11-14(2)29(28-13)17-6-3-15(4-7-17)9-10-25-22(30)16-5-8-18-19(12-16)27-21(26-18)20(23)24/h3-8,11-12,20H,9-10H2,1-2H3,(H,25,30)(H,26,27). The lowest BCUT2D eigenvalue weighted by molar-refractivity contribution is 0.0954. The third-order valence-electron chi connectivity index (χ3n) is 4.86. The molecule has 30 heavy (non-hydrogen) atoms. The van der Waals surface area contributed by atoms with Gasteiger partial charge in [0.25, 0.3) is 12.3 Å². The lowest BCUT2D eigenvalue weighted by atomic mass is 10.1. The van der Waals surface area contributed by atoms with E-state index < -0.39 is 12.2 Å². The minimum atomic E-state index is -2.68. The van der Waals surface area contributed by atoms with E-state index in [0.29, 0.717) is 29.6 Å². The molecule has 154 valence electrons. The molecule has 0 aliphatic carbocycles. The Morgan fingerprint density at radius 3 is 2.57 bits per heavy atom. The van der Waals surface area contributed by atoms with Crippen LogP contribution in [0.1, 0.15) is 39.6 Å². The van der Waals surface area contributed by atoms with Crippen LogP contribution < -0.4 is 5.32 Å². The average molecular weight is 409 g/mol. The molecule has 6 nitrogen and oxygen atoms in total. The molecule has 2 N–H and O–H groups in total. The van der Waals surface area contributed by atoms with E-state index in [1.807, 2.05) is 48.9 Å². The van der Waals surface area contributed by atoms with Gasteiger partial charge in [-0.1, -0.05) is 12.1 Å². The molecule has 0 atom stereocenters. The summed E-state index contributed by atoms with van der Waals surface area (Å²) < 4.78 is 27.4. The number of aryl methyl sites for hydroxylation is 2. The van der Waals surface area contributed by atoms with Crippen molar-refractivity contribution in [2.75, 3.05) is 6.54 Å². The molecule has 0 fully saturated rings. The summed E-state index contributed by atoms with van der Waals surface area (Å²) in [5.74, 6) is -0.657. The minimum Gasteiger partial charge on any atom is -0.352 e. The van der Waals surface area contributed by atoms with Crippen LogP contribution in [0.3, 0.4) is 0 Å². The number of hydrogen-bond donors (Lipinski definition) is 2. The van der Waals surface area contributed by atoms with Crippen molar-refractivity contribution < 1.29 is 13.6 Å². The van der Waals surface area contributed by atoms with Gasteiger partial charge in [-0.15, -0.1) is 0 Å². The Balaban J connectivity index is 1.36. The fraction of sp³-hybridized carbons (Fsp3) is 0.227. The smallest absolute Gasteiger partial charge is 0.295 e. The van der Waals surface area contributed by atoms with Gasteiger partial charge in [-0.3, -0.25) is 4.79 Å². The van der Waals surface area contributed by atoms with Gasteiger partial charge >= 0.3 is 0 Å². The lowest BCUT2D eigenvalue weighted by Gasteiger charge is -2.08. The van der Waals surface area contributed by atoms with Crippen LogP contribution in [0.5, 0.6) is 0 Å². The van der Waals surface area contributed by atoms with Crippen molar-refractivity contribution in [3.63, 3.8) is 0 Å². The number of aromatic amines is 1. The maximum Gasteiger partial charge on any atom is 0.295 e. The third-order valence-corrected chi connectivity index (χ3v) is 4.86. The van der Waals surface area contributed by atoms with Crippen molar-refractivity contribution in [3.8, 4) is 5.69 Å². The first-order chi connectivity index (χ1) is 14.4. The summed E-state index contributed by atoms with van der Waals surface area (Å²) >= 11 is 0. The van der Waals surface area contributed by atoms with Crippen molar-refractivity contribution in [2.45, 2.75) is 26.7 Å². The number of H-pyrrole nitrogens is 1. The number of nitrogens with one attached hydrogen (secondary N) is 2. The zero-order valence-electron chi connectivity index (χ0n) is 16.6. The molecule has 2 aromatic heterocycles. The van der Waals surface area contributed by atoms with E-state index >= 15 is 0 Å². The van der Waals surface area contributed by atoms with Crippen LogP contribution in [0.4, 0.5) is 8.78 Å². The second kappa shape index (κ2) is 8.06. The van der Waals surface area contributed by atoms with Gasteiger partial charge < -0.3 is 10.3 Å². The zero-order valence-corrected chi connectivity index (χ0v) is 16.6. The SMILES string of the molecule is Cc1cc(C)n(-c2ccc(CCNC(=O)c3ccc4nc(C(F)F)[nH]c4c3)cc2)n1. The number of amides is 1. The highest BCUT2D eigenvalue weighted by Crippen LogP contribution is 2.20. The highest BCUT2D eigenvalue weighted by atomic mass is 19.3. The van der Waals surface area contributed by atoms with E-state index in [-0.39, 0.29) is 5.91 Å². The number of nitrogens with zero attached hydrogens (tertiary/aromatic N) is 3. The van der Waals surface area contributed by atoms with E-state index in [1.165, 1.54) is 6.07 Å². The van der Waals surface area contributed by atoms with Gasteiger partial charge in [-0.25, -0.2) is 18.4 Å². The molecule has 8 heteroatoms. The molecule has 0 saturated heterocycles. The van der Waals surface area contributed by atoms with Crippen molar-refractivity contribution in [1.82, 2.24) is 25.1 Å². The number of carbonyl (C=O) groups excluding carboxylic acids is 1. The van der Waals surface area contributed by atoms with Gasteiger partial charge in [0.05, 0.1) is 22.4 Å². The largest absolute Gasteiger partial charge is 0.352 e. The van der Waals surface area contributed by atoms with Gasteiger partial charge in [-0.05, 0) is 62.2 Å². The number of hydrogen-bond acceptors (Lipinski definition) is 3. The topological polar surface area (TPSA) is 75.6 Å². The summed E-state index contributed by atoms with van der Waals surface area (Å²) in [6.45, 7) is 4.43. The van der Waals surface area contributed by atoms with Gasteiger partial charge in [0.1, 0.15) is 0 Å². The monoisotopic (exact) mass is 409 g/mol. The number of aromatic nitrogens is 4. The number of fused-ring (bicyclic) bond motifs is 1. The number of benzene rings is 2. The van der Waals surface area contributed by atoms with Crippen LogP contribution in [0.15, 0.2) is 48.5 Å². The van der Waals surface area contributed by atoms with Crippen LogP contribution >= 0.6 is 0 Å². The Labute approximate surface area is 171 Å². The molecular weight excluding hydrogens is 388 g/mol. The molecule has 4 rings (SSSR count). The molecule has 2 heterocycles. The Bertz CT molecular complexity index is 1190. The maximum absolute atomic E-state index is 12.8. The molecule has 1 amide bonds. The first-order valence-electron chi connectivity index (χ1n) is 9.59. The fourth-order valence-electron chi connectivity index (χ4n) is 3.39. The Morgan fingerprint density at radius 1 is 1.13 bits per heavy atom.